The molecular weight excluding hydrogens is 336 g/mol. The minimum absolute atomic E-state index is 0.0867. The van der Waals surface area contributed by atoms with E-state index in [4.69, 9.17) is 0 Å². The standard InChI is InChI=1S/C15H19BrN2O3/c1-2-15(5-7-17-8-6-15)14(21)18-12-4-3-10(16)9-11(12)13(19)20/h3-4,9,17H,2,5-8H2,1H3,(H,18,21)(H,19,20). The Balaban J connectivity index is 2.24. The number of hydrogen-bond acceptors (Lipinski definition) is 3. The highest BCUT2D eigenvalue weighted by Gasteiger charge is 2.38. The molecule has 1 fully saturated rings. The normalized spacial score (nSPS) is 17.2. The number of amides is 1. The van der Waals surface area contributed by atoms with Gasteiger partial charge >= 0.3 is 5.97 Å². The number of hydrogen-bond donors (Lipinski definition) is 3. The zero-order valence-corrected chi connectivity index (χ0v) is 13.5. The van der Waals surface area contributed by atoms with Gasteiger partial charge in [-0.2, -0.15) is 0 Å². The van der Waals surface area contributed by atoms with E-state index in [-0.39, 0.29) is 11.5 Å². The lowest BCUT2D eigenvalue weighted by molar-refractivity contribution is -0.127. The van der Waals surface area contributed by atoms with Crippen LogP contribution in [0.15, 0.2) is 22.7 Å². The number of aromatic carboxylic acids is 1. The van der Waals surface area contributed by atoms with Crippen LogP contribution in [0.5, 0.6) is 0 Å². The van der Waals surface area contributed by atoms with Crippen molar-refractivity contribution in [3.05, 3.63) is 28.2 Å². The van der Waals surface area contributed by atoms with Crippen molar-refractivity contribution >= 4 is 33.5 Å². The van der Waals surface area contributed by atoms with E-state index in [1.807, 2.05) is 6.92 Å². The van der Waals surface area contributed by atoms with Crippen LogP contribution in [0.1, 0.15) is 36.5 Å². The van der Waals surface area contributed by atoms with Crippen LogP contribution in [-0.4, -0.2) is 30.1 Å². The van der Waals surface area contributed by atoms with Gasteiger partial charge in [0.2, 0.25) is 5.91 Å². The second kappa shape index (κ2) is 6.58. The minimum atomic E-state index is -1.05. The summed E-state index contributed by atoms with van der Waals surface area (Å²) in [5.41, 5.74) is 0.0358. The van der Waals surface area contributed by atoms with Gasteiger partial charge < -0.3 is 15.7 Å². The molecular formula is C15H19BrN2O3. The number of carboxylic acids is 1. The van der Waals surface area contributed by atoms with Gasteiger partial charge in [0.25, 0.3) is 0 Å². The summed E-state index contributed by atoms with van der Waals surface area (Å²) < 4.78 is 0.671. The third-order valence-corrected chi connectivity index (χ3v) is 4.67. The van der Waals surface area contributed by atoms with E-state index in [1.54, 1.807) is 12.1 Å². The Kier molecular flexibility index (Phi) is 5.00. The summed E-state index contributed by atoms with van der Waals surface area (Å²) >= 11 is 3.25. The number of carbonyl (C=O) groups is 2. The molecule has 1 heterocycles. The van der Waals surface area contributed by atoms with Crippen LogP contribution in [0, 0.1) is 5.41 Å². The number of piperidine rings is 1. The van der Waals surface area contributed by atoms with E-state index in [0.29, 0.717) is 10.2 Å². The Morgan fingerprint density at radius 3 is 2.62 bits per heavy atom. The Labute approximate surface area is 132 Å². The molecule has 0 atom stereocenters. The van der Waals surface area contributed by atoms with Crippen molar-refractivity contribution in [1.29, 1.82) is 0 Å². The first-order valence-corrected chi connectivity index (χ1v) is 7.83. The average Bonchev–Trinajstić information content (AvgIpc) is 2.49. The van der Waals surface area contributed by atoms with E-state index in [9.17, 15) is 14.7 Å². The first-order chi connectivity index (χ1) is 9.98. The van der Waals surface area contributed by atoms with E-state index in [0.717, 1.165) is 32.4 Å². The molecule has 5 nitrogen and oxygen atoms in total. The Hall–Kier alpha value is -1.40. The van der Waals surface area contributed by atoms with Gasteiger partial charge in [-0.3, -0.25) is 4.79 Å². The van der Waals surface area contributed by atoms with Gasteiger partial charge in [0.05, 0.1) is 16.7 Å². The predicted molar refractivity (Wildman–Crippen MR) is 84.6 cm³/mol. The largest absolute Gasteiger partial charge is 0.478 e. The molecule has 1 amide bonds. The van der Waals surface area contributed by atoms with E-state index in [2.05, 4.69) is 26.6 Å². The van der Waals surface area contributed by atoms with Crippen molar-refractivity contribution in [3.63, 3.8) is 0 Å². The summed E-state index contributed by atoms with van der Waals surface area (Å²) in [6.45, 7) is 3.63. The van der Waals surface area contributed by atoms with Crippen LogP contribution in [0.2, 0.25) is 0 Å². The van der Waals surface area contributed by atoms with Crippen LogP contribution >= 0.6 is 15.9 Å². The van der Waals surface area contributed by atoms with Crippen molar-refractivity contribution in [3.8, 4) is 0 Å². The second-order valence-corrected chi connectivity index (χ2v) is 6.25. The van der Waals surface area contributed by atoms with Gasteiger partial charge in [-0.15, -0.1) is 0 Å². The van der Waals surface area contributed by atoms with Crippen molar-refractivity contribution < 1.29 is 14.7 Å². The summed E-state index contributed by atoms with van der Waals surface area (Å²) in [6.07, 6.45) is 2.29. The fraction of sp³-hybridized carbons (Fsp3) is 0.467. The summed E-state index contributed by atoms with van der Waals surface area (Å²) in [5.74, 6) is -1.14. The third-order valence-electron chi connectivity index (χ3n) is 4.18. The molecule has 2 rings (SSSR count). The highest BCUT2D eigenvalue weighted by Crippen LogP contribution is 2.34. The van der Waals surface area contributed by atoms with Crippen LogP contribution in [0.3, 0.4) is 0 Å². The van der Waals surface area contributed by atoms with Gasteiger partial charge in [0, 0.05) is 4.47 Å². The van der Waals surface area contributed by atoms with Crippen LogP contribution in [-0.2, 0) is 4.79 Å². The SMILES string of the molecule is CCC1(C(=O)Nc2ccc(Br)cc2C(=O)O)CCNCC1. The topological polar surface area (TPSA) is 78.4 Å². The Morgan fingerprint density at radius 2 is 2.05 bits per heavy atom. The molecule has 3 N–H and O–H groups in total. The summed E-state index contributed by atoms with van der Waals surface area (Å²) in [5, 5.41) is 15.3. The molecule has 0 saturated carbocycles. The molecule has 0 aliphatic carbocycles. The van der Waals surface area contributed by atoms with Gasteiger partial charge in [-0.25, -0.2) is 4.79 Å². The number of benzene rings is 1. The first kappa shape index (κ1) is 16.0. The van der Waals surface area contributed by atoms with E-state index >= 15 is 0 Å². The van der Waals surface area contributed by atoms with Gasteiger partial charge in [-0.1, -0.05) is 22.9 Å². The van der Waals surface area contributed by atoms with E-state index in [1.165, 1.54) is 6.07 Å². The minimum Gasteiger partial charge on any atom is -0.478 e. The second-order valence-electron chi connectivity index (χ2n) is 5.33. The average molecular weight is 355 g/mol. The van der Waals surface area contributed by atoms with Crippen molar-refractivity contribution in [2.75, 3.05) is 18.4 Å². The summed E-state index contributed by atoms with van der Waals surface area (Å²) in [7, 11) is 0. The molecule has 1 saturated heterocycles. The smallest absolute Gasteiger partial charge is 0.337 e. The molecule has 0 spiro atoms. The lowest BCUT2D eigenvalue weighted by Gasteiger charge is -2.35. The fourth-order valence-corrected chi connectivity index (χ4v) is 3.06. The highest BCUT2D eigenvalue weighted by atomic mass is 79.9. The van der Waals surface area contributed by atoms with Gasteiger partial charge in [-0.05, 0) is 50.6 Å². The number of halogens is 1. The third kappa shape index (κ3) is 3.44. The first-order valence-electron chi connectivity index (χ1n) is 7.03. The monoisotopic (exact) mass is 354 g/mol. The molecule has 114 valence electrons. The number of anilines is 1. The molecule has 21 heavy (non-hydrogen) atoms. The lowest BCUT2D eigenvalue weighted by Crippen LogP contribution is -2.44. The van der Waals surface area contributed by atoms with Gasteiger partial charge in [0.1, 0.15) is 0 Å². The molecule has 1 aromatic carbocycles. The number of carboxylic acid groups (broad SMARTS) is 1. The Morgan fingerprint density at radius 1 is 1.38 bits per heavy atom. The summed E-state index contributed by atoms with van der Waals surface area (Å²) in [6, 6.07) is 4.85. The molecule has 1 aliphatic heterocycles. The molecule has 1 aromatic rings. The maximum absolute atomic E-state index is 12.6. The van der Waals surface area contributed by atoms with Crippen LogP contribution in [0.4, 0.5) is 5.69 Å². The summed E-state index contributed by atoms with van der Waals surface area (Å²) in [4.78, 5) is 23.9. The van der Waals surface area contributed by atoms with Crippen LogP contribution < -0.4 is 10.6 Å². The zero-order valence-electron chi connectivity index (χ0n) is 11.9. The maximum atomic E-state index is 12.6. The molecule has 0 radical (unpaired) electrons. The molecule has 0 bridgehead atoms. The fourth-order valence-electron chi connectivity index (χ4n) is 2.70. The van der Waals surface area contributed by atoms with Crippen LogP contribution in [0.25, 0.3) is 0 Å². The molecule has 0 unspecified atom stereocenters. The Bertz CT molecular complexity index is 554. The van der Waals surface area contributed by atoms with Crippen molar-refractivity contribution in [1.82, 2.24) is 5.32 Å². The maximum Gasteiger partial charge on any atom is 0.337 e. The molecule has 1 aliphatic rings. The highest BCUT2D eigenvalue weighted by molar-refractivity contribution is 9.10. The van der Waals surface area contributed by atoms with Crippen molar-refractivity contribution in [2.45, 2.75) is 26.2 Å². The van der Waals surface area contributed by atoms with Crippen molar-refractivity contribution in [2.24, 2.45) is 5.41 Å². The predicted octanol–water partition coefficient (Wildman–Crippen LogP) is 2.87. The number of rotatable bonds is 4. The van der Waals surface area contributed by atoms with E-state index < -0.39 is 11.4 Å². The number of nitrogens with one attached hydrogen (secondary N) is 2. The molecule has 0 aromatic heterocycles. The molecule has 6 heteroatoms. The quantitative estimate of drug-likeness (QED) is 0.776. The lowest BCUT2D eigenvalue weighted by atomic mass is 9.76. The van der Waals surface area contributed by atoms with Gasteiger partial charge in [0.15, 0.2) is 0 Å². The zero-order chi connectivity index (χ0) is 15.5. The number of carbonyl (C=O) groups excluding carboxylic acids is 1.